The first kappa shape index (κ1) is 12.7. The molecule has 0 radical (unpaired) electrons. The molecule has 13 heavy (non-hydrogen) atoms. The van der Waals surface area contributed by atoms with Gasteiger partial charge in [-0.3, -0.25) is 4.55 Å². The van der Waals surface area contributed by atoms with E-state index in [0.717, 1.165) is 12.8 Å². The second-order valence-corrected chi connectivity index (χ2v) is 4.61. The molecule has 0 rings (SSSR count). The predicted octanol–water partition coefficient (Wildman–Crippen LogP) is 2.40. The Balaban J connectivity index is 3.30. The van der Waals surface area contributed by atoms with Gasteiger partial charge in [-0.15, -0.1) is 0 Å². The van der Waals surface area contributed by atoms with Gasteiger partial charge in [-0.05, 0) is 19.3 Å². The van der Waals surface area contributed by atoms with E-state index in [4.69, 9.17) is 4.55 Å². The van der Waals surface area contributed by atoms with Crippen LogP contribution >= 0.6 is 0 Å². The van der Waals surface area contributed by atoms with Crippen LogP contribution in [0, 0.1) is 0 Å². The van der Waals surface area contributed by atoms with Gasteiger partial charge >= 0.3 is 0 Å². The minimum Gasteiger partial charge on any atom is -0.286 e. The van der Waals surface area contributed by atoms with Crippen molar-refractivity contribution >= 4 is 10.1 Å². The molecule has 0 saturated carbocycles. The fraction of sp³-hybridized carbons (Fsp3) is 0.778. The monoisotopic (exact) mass is 206 g/mol. The predicted molar refractivity (Wildman–Crippen MR) is 54.3 cm³/mol. The summed E-state index contributed by atoms with van der Waals surface area (Å²) in [4.78, 5) is 0. The molecule has 0 aromatic carbocycles. The fourth-order valence-corrected chi connectivity index (χ4v) is 1.47. The molecule has 0 aliphatic heterocycles. The van der Waals surface area contributed by atoms with Gasteiger partial charge in [0.2, 0.25) is 0 Å². The Morgan fingerprint density at radius 3 is 2.15 bits per heavy atom. The Labute approximate surface area is 80.6 Å². The van der Waals surface area contributed by atoms with Crippen LogP contribution < -0.4 is 0 Å². The average Bonchev–Trinajstić information content (AvgIpc) is 2.01. The summed E-state index contributed by atoms with van der Waals surface area (Å²) in [5, 5.41) is 0. The maximum atomic E-state index is 10.3. The van der Waals surface area contributed by atoms with Crippen LogP contribution in [0.5, 0.6) is 0 Å². The minimum absolute atomic E-state index is 0.134. The highest BCUT2D eigenvalue weighted by Gasteiger charge is 2.01. The van der Waals surface area contributed by atoms with E-state index in [9.17, 15) is 8.42 Å². The van der Waals surface area contributed by atoms with E-state index in [0.29, 0.717) is 6.42 Å². The van der Waals surface area contributed by atoms with Crippen molar-refractivity contribution in [1.29, 1.82) is 0 Å². The van der Waals surface area contributed by atoms with Crippen LogP contribution in [0.25, 0.3) is 0 Å². The number of unbranched alkanes of at least 4 members (excludes halogenated alkanes) is 3. The maximum Gasteiger partial charge on any atom is 0.264 e. The summed E-state index contributed by atoms with van der Waals surface area (Å²) in [5.74, 6) is -0.134. The van der Waals surface area contributed by atoms with Crippen LogP contribution in [-0.4, -0.2) is 18.7 Å². The van der Waals surface area contributed by atoms with Gasteiger partial charge < -0.3 is 0 Å². The first-order chi connectivity index (χ1) is 6.06. The molecule has 0 amide bonds. The molecule has 0 aliphatic rings. The Morgan fingerprint density at radius 1 is 1.15 bits per heavy atom. The van der Waals surface area contributed by atoms with Gasteiger partial charge in [0.25, 0.3) is 10.1 Å². The molecule has 0 spiro atoms. The highest BCUT2D eigenvalue weighted by molar-refractivity contribution is 7.85. The van der Waals surface area contributed by atoms with Crippen LogP contribution in [0.1, 0.15) is 39.0 Å². The summed E-state index contributed by atoms with van der Waals surface area (Å²) in [5.41, 5.74) is 0. The molecule has 0 heterocycles. The maximum absolute atomic E-state index is 10.3. The molecule has 0 saturated heterocycles. The summed E-state index contributed by atoms with van der Waals surface area (Å²) in [6.45, 7) is 2.13. The van der Waals surface area contributed by atoms with Crippen LogP contribution in [0.3, 0.4) is 0 Å². The lowest BCUT2D eigenvalue weighted by Crippen LogP contribution is -2.02. The molecular weight excluding hydrogens is 188 g/mol. The summed E-state index contributed by atoms with van der Waals surface area (Å²) in [6.07, 6.45) is 8.67. The molecule has 0 aliphatic carbocycles. The standard InChI is InChI=1S/C9H18O3S/c1-2-3-4-5-6-7-8-9-13(10,11)12/h5-6H,2-4,7-9H2,1H3,(H,10,11,12). The highest BCUT2D eigenvalue weighted by atomic mass is 32.2. The van der Waals surface area contributed by atoms with Crippen molar-refractivity contribution < 1.29 is 13.0 Å². The molecule has 0 fully saturated rings. The zero-order valence-electron chi connectivity index (χ0n) is 8.07. The second-order valence-electron chi connectivity index (χ2n) is 3.04. The van der Waals surface area contributed by atoms with Crippen LogP contribution in [0.15, 0.2) is 12.2 Å². The van der Waals surface area contributed by atoms with E-state index in [1.54, 1.807) is 0 Å². The summed E-state index contributed by atoms with van der Waals surface area (Å²) >= 11 is 0. The van der Waals surface area contributed by atoms with E-state index in [1.165, 1.54) is 12.8 Å². The lowest BCUT2D eigenvalue weighted by molar-refractivity contribution is 0.481. The Kier molecular flexibility index (Phi) is 6.90. The van der Waals surface area contributed by atoms with Gasteiger partial charge in [0, 0.05) is 0 Å². The molecule has 78 valence electrons. The third kappa shape index (κ3) is 11.7. The Bertz CT molecular complexity index is 229. The smallest absolute Gasteiger partial charge is 0.264 e. The molecule has 0 aromatic heterocycles. The molecule has 0 unspecified atom stereocenters. The lowest BCUT2D eigenvalue weighted by atomic mass is 10.2. The zero-order valence-corrected chi connectivity index (χ0v) is 8.89. The van der Waals surface area contributed by atoms with Gasteiger partial charge in [-0.25, -0.2) is 0 Å². The molecular formula is C9H18O3S. The van der Waals surface area contributed by atoms with Gasteiger partial charge in [0.15, 0.2) is 0 Å². The van der Waals surface area contributed by atoms with Crippen molar-refractivity contribution in [1.82, 2.24) is 0 Å². The molecule has 4 heteroatoms. The van der Waals surface area contributed by atoms with E-state index >= 15 is 0 Å². The average molecular weight is 206 g/mol. The summed E-state index contributed by atoms with van der Waals surface area (Å²) < 4.78 is 29.0. The van der Waals surface area contributed by atoms with Crippen LogP contribution in [0.4, 0.5) is 0 Å². The zero-order chi connectivity index (χ0) is 10.2. The molecule has 1 N–H and O–H groups in total. The van der Waals surface area contributed by atoms with Crippen molar-refractivity contribution in [3.8, 4) is 0 Å². The van der Waals surface area contributed by atoms with Crippen molar-refractivity contribution in [3.63, 3.8) is 0 Å². The first-order valence-electron chi connectivity index (χ1n) is 4.66. The first-order valence-corrected chi connectivity index (χ1v) is 6.27. The highest BCUT2D eigenvalue weighted by Crippen LogP contribution is 1.99. The third-order valence-electron chi connectivity index (χ3n) is 1.66. The van der Waals surface area contributed by atoms with E-state index in [-0.39, 0.29) is 5.75 Å². The normalized spacial score (nSPS) is 12.5. The largest absolute Gasteiger partial charge is 0.286 e. The number of hydrogen-bond acceptors (Lipinski definition) is 2. The third-order valence-corrected chi connectivity index (χ3v) is 2.47. The summed E-state index contributed by atoms with van der Waals surface area (Å²) in [7, 11) is -3.76. The Morgan fingerprint density at radius 2 is 1.69 bits per heavy atom. The van der Waals surface area contributed by atoms with Crippen molar-refractivity contribution in [2.75, 3.05) is 5.75 Å². The molecule has 0 bridgehead atoms. The lowest BCUT2D eigenvalue weighted by Gasteiger charge is -1.93. The minimum atomic E-state index is -3.76. The number of allylic oxidation sites excluding steroid dienone is 2. The number of rotatable bonds is 7. The summed E-state index contributed by atoms with van der Waals surface area (Å²) in [6, 6.07) is 0. The quantitative estimate of drug-likeness (QED) is 0.395. The fourth-order valence-electron chi connectivity index (χ4n) is 0.941. The topological polar surface area (TPSA) is 54.4 Å². The van der Waals surface area contributed by atoms with Gasteiger partial charge in [0.05, 0.1) is 5.75 Å². The SMILES string of the molecule is CCCCC=CCCCS(=O)(=O)O. The van der Waals surface area contributed by atoms with E-state index < -0.39 is 10.1 Å². The van der Waals surface area contributed by atoms with Crippen molar-refractivity contribution in [2.45, 2.75) is 39.0 Å². The molecule has 3 nitrogen and oxygen atoms in total. The number of hydrogen-bond donors (Lipinski definition) is 1. The van der Waals surface area contributed by atoms with E-state index in [2.05, 4.69) is 13.0 Å². The molecule has 0 atom stereocenters. The van der Waals surface area contributed by atoms with Gasteiger partial charge in [-0.1, -0.05) is 31.9 Å². The van der Waals surface area contributed by atoms with Crippen LogP contribution in [0.2, 0.25) is 0 Å². The van der Waals surface area contributed by atoms with Crippen molar-refractivity contribution in [2.24, 2.45) is 0 Å². The van der Waals surface area contributed by atoms with Crippen molar-refractivity contribution in [3.05, 3.63) is 12.2 Å². The van der Waals surface area contributed by atoms with Crippen LogP contribution in [-0.2, 0) is 10.1 Å². The van der Waals surface area contributed by atoms with E-state index in [1.807, 2.05) is 6.08 Å². The van der Waals surface area contributed by atoms with Gasteiger partial charge in [0.1, 0.15) is 0 Å². The second kappa shape index (κ2) is 7.09. The molecule has 0 aromatic rings. The van der Waals surface area contributed by atoms with Gasteiger partial charge in [-0.2, -0.15) is 8.42 Å². The Hall–Kier alpha value is -0.350.